The lowest BCUT2D eigenvalue weighted by molar-refractivity contribution is -0.125. The highest BCUT2D eigenvalue weighted by molar-refractivity contribution is 7.19. The number of anilines is 2. The van der Waals surface area contributed by atoms with Gasteiger partial charge in [0, 0.05) is 23.0 Å². The molecule has 2 aliphatic rings. The summed E-state index contributed by atoms with van der Waals surface area (Å²) in [5, 5.41) is 7.62. The molecule has 158 valence electrons. The molecule has 3 aromatic heterocycles. The molecule has 3 N–H and O–H groups in total. The second-order valence-corrected chi connectivity index (χ2v) is 10.5. The average Bonchev–Trinajstić information content (AvgIpc) is 3.41. The first kappa shape index (κ1) is 18.9. The molecule has 3 heterocycles. The van der Waals surface area contributed by atoms with Crippen molar-refractivity contribution >= 4 is 60.5 Å². The number of carbonyl (C=O) groups excluding carboxylic acids is 1. The Morgan fingerprint density at radius 1 is 1.19 bits per heavy atom. The van der Waals surface area contributed by atoms with Gasteiger partial charge in [-0.1, -0.05) is 11.3 Å². The molecule has 2 aliphatic carbocycles. The quantitative estimate of drug-likeness (QED) is 0.426. The van der Waals surface area contributed by atoms with Crippen LogP contribution >= 0.6 is 22.7 Å². The van der Waals surface area contributed by atoms with E-state index in [9.17, 15) is 9.59 Å². The lowest BCUT2D eigenvalue weighted by Gasteiger charge is -2.21. The summed E-state index contributed by atoms with van der Waals surface area (Å²) in [6, 6.07) is 5.81. The molecule has 0 spiro atoms. The van der Waals surface area contributed by atoms with Crippen LogP contribution in [0.4, 0.5) is 11.5 Å². The van der Waals surface area contributed by atoms with Gasteiger partial charge in [0.2, 0.25) is 5.91 Å². The zero-order valence-electron chi connectivity index (χ0n) is 16.7. The summed E-state index contributed by atoms with van der Waals surface area (Å²) >= 11 is 2.87. The zero-order chi connectivity index (χ0) is 20.9. The lowest BCUT2D eigenvalue weighted by Crippen LogP contribution is -2.34. The molecule has 6 rings (SSSR count). The predicted molar refractivity (Wildman–Crippen MR) is 124 cm³/mol. The molecular formula is C22H21N5O2S2. The van der Waals surface area contributed by atoms with Crippen molar-refractivity contribution < 1.29 is 4.79 Å². The van der Waals surface area contributed by atoms with Crippen LogP contribution in [0.15, 0.2) is 29.3 Å². The van der Waals surface area contributed by atoms with Crippen LogP contribution in [-0.4, -0.2) is 27.4 Å². The van der Waals surface area contributed by atoms with Gasteiger partial charge in [-0.15, -0.1) is 11.3 Å². The van der Waals surface area contributed by atoms with Crippen molar-refractivity contribution in [1.29, 1.82) is 0 Å². The maximum atomic E-state index is 12.6. The third kappa shape index (κ3) is 3.61. The minimum Gasteiger partial charge on any atom is -0.356 e. The molecule has 0 radical (unpaired) electrons. The first-order valence-corrected chi connectivity index (χ1v) is 12.2. The molecule has 0 saturated heterocycles. The van der Waals surface area contributed by atoms with E-state index in [4.69, 9.17) is 0 Å². The maximum Gasteiger partial charge on any atom is 0.305 e. The van der Waals surface area contributed by atoms with Crippen molar-refractivity contribution in [2.75, 3.05) is 11.9 Å². The fourth-order valence-electron chi connectivity index (χ4n) is 4.30. The number of thiazole rings is 1. The van der Waals surface area contributed by atoms with E-state index in [0.717, 1.165) is 57.7 Å². The van der Waals surface area contributed by atoms with Crippen LogP contribution in [0.2, 0.25) is 0 Å². The minimum absolute atomic E-state index is 0.0439. The second kappa shape index (κ2) is 7.42. The number of rotatable bonds is 5. The van der Waals surface area contributed by atoms with Gasteiger partial charge in [-0.3, -0.25) is 9.59 Å². The van der Waals surface area contributed by atoms with E-state index in [0.29, 0.717) is 5.92 Å². The van der Waals surface area contributed by atoms with Crippen LogP contribution in [-0.2, 0) is 17.6 Å². The number of carbonyl (C=O) groups is 1. The molecule has 7 nitrogen and oxygen atoms in total. The number of hydrogen-bond acceptors (Lipinski definition) is 7. The number of aryl methyl sites for hydroxylation is 1. The summed E-state index contributed by atoms with van der Waals surface area (Å²) in [7, 11) is 0. The zero-order valence-corrected chi connectivity index (χ0v) is 18.4. The van der Waals surface area contributed by atoms with E-state index in [1.165, 1.54) is 34.6 Å². The Kier molecular flexibility index (Phi) is 4.53. The lowest BCUT2D eigenvalue weighted by atomic mass is 9.87. The Morgan fingerprint density at radius 3 is 2.97 bits per heavy atom. The summed E-state index contributed by atoms with van der Waals surface area (Å²) in [6.07, 6.45) is 6.56. The summed E-state index contributed by atoms with van der Waals surface area (Å²) in [6.45, 7) is 0.828. The van der Waals surface area contributed by atoms with Gasteiger partial charge < -0.3 is 15.6 Å². The van der Waals surface area contributed by atoms with Gasteiger partial charge in [0.15, 0.2) is 0 Å². The van der Waals surface area contributed by atoms with E-state index in [1.54, 1.807) is 17.7 Å². The van der Waals surface area contributed by atoms with Crippen molar-refractivity contribution in [2.45, 2.75) is 32.1 Å². The number of nitrogens with zero attached hydrogens (tertiary/aromatic N) is 2. The molecule has 1 atom stereocenters. The van der Waals surface area contributed by atoms with Gasteiger partial charge in [-0.25, -0.2) is 9.97 Å². The van der Waals surface area contributed by atoms with Crippen LogP contribution in [0.1, 0.15) is 29.7 Å². The molecule has 1 unspecified atom stereocenters. The number of aromatic nitrogens is 3. The van der Waals surface area contributed by atoms with Crippen molar-refractivity contribution in [3.63, 3.8) is 0 Å². The molecule has 0 aliphatic heterocycles. The number of hydrogen-bond donors (Lipinski definition) is 3. The summed E-state index contributed by atoms with van der Waals surface area (Å²) in [5.74, 6) is 1.71. The maximum absolute atomic E-state index is 12.6. The largest absolute Gasteiger partial charge is 0.356 e. The number of H-pyrrole nitrogens is 1. The number of aromatic amines is 1. The van der Waals surface area contributed by atoms with E-state index in [2.05, 4.69) is 25.6 Å². The Bertz CT molecular complexity index is 1370. The SMILES string of the molecule is O=C(NCC1CC1)C1CCc2c(sc3ncnc(Nc4ccc5[nH]c(=O)sc5c4)c23)C1. The first-order chi connectivity index (χ1) is 15.1. The average molecular weight is 452 g/mol. The topological polar surface area (TPSA) is 99.8 Å². The molecular weight excluding hydrogens is 430 g/mol. The van der Waals surface area contributed by atoms with Gasteiger partial charge in [-0.2, -0.15) is 0 Å². The van der Waals surface area contributed by atoms with Gasteiger partial charge in [-0.05, 0) is 61.8 Å². The van der Waals surface area contributed by atoms with Crippen LogP contribution in [0.3, 0.4) is 0 Å². The van der Waals surface area contributed by atoms with Crippen molar-refractivity contribution in [2.24, 2.45) is 11.8 Å². The number of benzene rings is 1. The number of nitrogens with one attached hydrogen (secondary N) is 3. The summed E-state index contributed by atoms with van der Waals surface area (Å²) in [4.78, 5) is 38.2. The van der Waals surface area contributed by atoms with Gasteiger partial charge in [0.05, 0.1) is 15.6 Å². The highest BCUT2D eigenvalue weighted by Crippen LogP contribution is 2.40. The van der Waals surface area contributed by atoms with E-state index < -0.39 is 0 Å². The number of fused-ring (bicyclic) bond motifs is 4. The van der Waals surface area contributed by atoms with Gasteiger partial charge >= 0.3 is 4.87 Å². The van der Waals surface area contributed by atoms with Crippen molar-refractivity contribution in [3.8, 4) is 0 Å². The second-order valence-electron chi connectivity index (χ2n) is 8.38. The van der Waals surface area contributed by atoms with Crippen molar-refractivity contribution in [3.05, 3.63) is 44.6 Å². The van der Waals surface area contributed by atoms with Crippen LogP contribution < -0.4 is 15.5 Å². The fraction of sp³-hybridized carbons (Fsp3) is 0.364. The number of amides is 1. The Labute approximate surface area is 185 Å². The van der Waals surface area contributed by atoms with Crippen LogP contribution in [0.5, 0.6) is 0 Å². The minimum atomic E-state index is -0.0563. The van der Waals surface area contributed by atoms with E-state index >= 15 is 0 Å². The highest BCUT2D eigenvalue weighted by atomic mass is 32.1. The molecule has 1 saturated carbocycles. The summed E-state index contributed by atoms with van der Waals surface area (Å²) < 4.78 is 0.910. The smallest absolute Gasteiger partial charge is 0.305 e. The first-order valence-electron chi connectivity index (χ1n) is 10.6. The molecule has 4 aromatic rings. The Morgan fingerprint density at radius 2 is 2.10 bits per heavy atom. The van der Waals surface area contributed by atoms with Gasteiger partial charge in [0.25, 0.3) is 0 Å². The standard InChI is InChI=1S/C22H21N5O2S2/c28-20(23-9-11-1-2-11)12-3-5-14-16(7-12)30-21-18(14)19(24-10-25-21)26-13-4-6-15-17(8-13)31-22(29)27-15/h4,6,8,10-12H,1-3,5,7,9H2,(H,23,28)(H,27,29)(H,24,25,26). The fourth-order valence-corrected chi connectivity index (χ4v) is 6.34. The Balaban J connectivity index is 1.28. The monoisotopic (exact) mass is 451 g/mol. The highest BCUT2D eigenvalue weighted by Gasteiger charge is 2.30. The molecule has 31 heavy (non-hydrogen) atoms. The van der Waals surface area contributed by atoms with Crippen LogP contribution in [0, 0.1) is 11.8 Å². The third-order valence-corrected chi connectivity index (χ3v) is 8.17. The Hall–Kier alpha value is -2.78. The predicted octanol–water partition coefficient (Wildman–Crippen LogP) is 3.97. The number of thiophene rings is 1. The summed E-state index contributed by atoms with van der Waals surface area (Å²) in [5.41, 5.74) is 2.99. The molecule has 9 heteroatoms. The van der Waals surface area contributed by atoms with E-state index in [1.807, 2.05) is 18.2 Å². The molecule has 1 aromatic carbocycles. The van der Waals surface area contributed by atoms with Crippen LogP contribution in [0.25, 0.3) is 20.4 Å². The van der Waals surface area contributed by atoms with Gasteiger partial charge in [0.1, 0.15) is 17.0 Å². The molecule has 1 amide bonds. The molecule has 1 fully saturated rings. The van der Waals surface area contributed by atoms with Crippen molar-refractivity contribution in [1.82, 2.24) is 20.3 Å². The normalized spacial score (nSPS) is 18.3. The third-order valence-electron chi connectivity index (χ3n) is 6.16. The molecule has 0 bridgehead atoms. The van der Waals surface area contributed by atoms with E-state index in [-0.39, 0.29) is 16.7 Å².